The van der Waals surface area contributed by atoms with E-state index in [4.69, 9.17) is 0 Å². The van der Waals surface area contributed by atoms with Gasteiger partial charge in [0.2, 0.25) is 11.8 Å². The lowest BCUT2D eigenvalue weighted by molar-refractivity contribution is -0.140. The van der Waals surface area contributed by atoms with Crippen molar-refractivity contribution in [1.29, 1.82) is 0 Å². The molecule has 4 aromatic rings. The Morgan fingerprint density at radius 2 is 1.51 bits per heavy atom. The van der Waals surface area contributed by atoms with Gasteiger partial charge in [-0.3, -0.25) is 13.9 Å². The molecule has 0 aromatic heterocycles. The van der Waals surface area contributed by atoms with Crippen LogP contribution < -0.4 is 9.62 Å². The fraction of sp³-hybridized carbons (Fsp3) is 0.278. The minimum atomic E-state index is -4.15. The molecule has 0 aliphatic heterocycles. The van der Waals surface area contributed by atoms with Crippen molar-refractivity contribution in [2.24, 2.45) is 0 Å². The van der Waals surface area contributed by atoms with Crippen LogP contribution in [0.3, 0.4) is 0 Å². The number of rotatable bonds is 13. The van der Waals surface area contributed by atoms with E-state index in [1.54, 1.807) is 36.4 Å². The molecule has 2 amide bonds. The van der Waals surface area contributed by atoms with Gasteiger partial charge in [0.25, 0.3) is 10.0 Å². The number of hydrogen-bond donors (Lipinski definition) is 1. The molecule has 0 heterocycles. The molecule has 0 spiro atoms. The van der Waals surface area contributed by atoms with Gasteiger partial charge >= 0.3 is 0 Å². The first-order valence-electron chi connectivity index (χ1n) is 15.0. The second-order valence-corrected chi connectivity index (χ2v) is 14.0. The van der Waals surface area contributed by atoms with Gasteiger partial charge in [-0.15, -0.1) is 0 Å². The van der Waals surface area contributed by atoms with Crippen molar-refractivity contribution >= 4 is 43.5 Å². The summed E-state index contributed by atoms with van der Waals surface area (Å²) in [6, 6.07) is 28.1. The third-order valence-corrected chi connectivity index (χ3v) is 10.0. The summed E-state index contributed by atoms with van der Waals surface area (Å²) in [6.07, 6.45) is 1.00. The Balaban J connectivity index is 1.81. The van der Waals surface area contributed by atoms with Crippen LogP contribution in [0.4, 0.5) is 5.69 Å². The van der Waals surface area contributed by atoms with Crippen LogP contribution in [0.2, 0.25) is 0 Å². The fourth-order valence-electron chi connectivity index (χ4n) is 5.00. The number of carbonyl (C=O) groups is 2. The molecule has 0 unspecified atom stereocenters. The first-order chi connectivity index (χ1) is 21.5. The highest BCUT2D eigenvalue weighted by atomic mass is 79.9. The zero-order valence-corrected chi connectivity index (χ0v) is 28.6. The van der Waals surface area contributed by atoms with Gasteiger partial charge < -0.3 is 10.2 Å². The van der Waals surface area contributed by atoms with Crippen molar-refractivity contribution < 1.29 is 18.0 Å². The second-order valence-electron chi connectivity index (χ2n) is 11.2. The Labute approximate surface area is 275 Å². The summed E-state index contributed by atoms with van der Waals surface area (Å²) in [5, 5.41) is 2.97. The van der Waals surface area contributed by atoms with Gasteiger partial charge in [0.1, 0.15) is 12.6 Å². The third kappa shape index (κ3) is 8.83. The molecular weight excluding hydrogens is 650 g/mol. The average molecular weight is 691 g/mol. The molecule has 9 heteroatoms. The number of benzene rings is 4. The average Bonchev–Trinajstić information content (AvgIpc) is 3.02. The van der Waals surface area contributed by atoms with E-state index in [1.807, 2.05) is 88.4 Å². The van der Waals surface area contributed by atoms with Crippen molar-refractivity contribution in [2.75, 3.05) is 17.4 Å². The Hall–Kier alpha value is -3.95. The third-order valence-electron chi connectivity index (χ3n) is 7.73. The zero-order valence-electron chi connectivity index (χ0n) is 26.2. The van der Waals surface area contributed by atoms with Gasteiger partial charge in [-0.1, -0.05) is 89.1 Å². The molecule has 0 aliphatic carbocycles. The summed E-state index contributed by atoms with van der Waals surface area (Å²) in [5.74, 6) is -0.778. The SMILES string of the molecule is CCCNC(=O)[C@@H](Cc1ccccc1)N(Cc1cccc(Br)c1)C(=O)CN(c1ccc(C)c(C)c1)S(=O)(=O)c1ccc(C)cc1. The summed E-state index contributed by atoms with van der Waals surface area (Å²) < 4.78 is 30.4. The lowest BCUT2D eigenvalue weighted by Crippen LogP contribution is -2.53. The van der Waals surface area contributed by atoms with E-state index < -0.39 is 28.5 Å². The predicted octanol–water partition coefficient (Wildman–Crippen LogP) is 6.74. The molecule has 0 saturated carbocycles. The number of halogens is 1. The number of aryl methyl sites for hydroxylation is 3. The minimum absolute atomic E-state index is 0.0826. The highest BCUT2D eigenvalue weighted by molar-refractivity contribution is 9.10. The standard InChI is InChI=1S/C36H40BrN3O4S/c1-5-20-38-36(42)34(23-29-10-7-6-8-11-29)39(24-30-12-9-13-31(37)22-30)35(41)25-40(32-17-16-27(3)28(4)21-32)45(43,44)33-18-14-26(2)15-19-33/h6-19,21-22,34H,5,20,23-25H2,1-4H3,(H,38,42)/t34-/m1/s1. The molecule has 4 aromatic carbocycles. The number of amides is 2. The van der Waals surface area contributed by atoms with E-state index in [9.17, 15) is 18.0 Å². The van der Waals surface area contributed by atoms with Crippen LogP contribution in [0.5, 0.6) is 0 Å². The van der Waals surface area contributed by atoms with Crippen LogP contribution in [-0.2, 0) is 32.6 Å². The number of nitrogens with zero attached hydrogens (tertiary/aromatic N) is 2. The molecule has 45 heavy (non-hydrogen) atoms. The number of sulfonamides is 1. The first-order valence-corrected chi connectivity index (χ1v) is 17.2. The van der Waals surface area contributed by atoms with Crippen LogP contribution in [0.15, 0.2) is 106 Å². The summed E-state index contributed by atoms with van der Waals surface area (Å²) in [5.41, 5.74) is 4.90. The Morgan fingerprint density at radius 3 is 2.16 bits per heavy atom. The van der Waals surface area contributed by atoms with Gasteiger partial charge in [-0.2, -0.15) is 0 Å². The topological polar surface area (TPSA) is 86.8 Å². The molecule has 7 nitrogen and oxygen atoms in total. The van der Waals surface area contributed by atoms with Crippen molar-refractivity contribution in [3.05, 3.63) is 129 Å². The maximum absolute atomic E-state index is 14.5. The molecule has 0 radical (unpaired) electrons. The van der Waals surface area contributed by atoms with Crippen molar-refractivity contribution in [1.82, 2.24) is 10.2 Å². The summed E-state index contributed by atoms with van der Waals surface area (Å²) in [7, 11) is -4.15. The second kappa shape index (κ2) is 15.4. The van der Waals surface area contributed by atoms with E-state index in [0.29, 0.717) is 12.2 Å². The molecule has 0 bridgehead atoms. The minimum Gasteiger partial charge on any atom is -0.354 e. The van der Waals surface area contributed by atoms with Gasteiger partial charge in [0.15, 0.2) is 0 Å². The molecule has 0 aliphatic rings. The number of nitrogens with one attached hydrogen (secondary N) is 1. The van der Waals surface area contributed by atoms with E-state index in [-0.39, 0.29) is 23.8 Å². The van der Waals surface area contributed by atoms with Crippen LogP contribution >= 0.6 is 15.9 Å². The predicted molar refractivity (Wildman–Crippen MR) is 184 cm³/mol. The zero-order chi connectivity index (χ0) is 32.6. The smallest absolute Gasteiger partial charge is 0.264 e. The van der Waals surface area contributed by atoms with E-state index in [1.165, 1.54) is 4.90 Å². The lowest BCUT2D eigenvalue weighted by Gasteiger charge is -2.34. The van der Waals surface area contributed by atoms with Gasteiger partial charge in [-0.25, -0.2) is 8.42 Å². The van der Waals surface area contributed by atoms with Crippen molar-refractivity contribution in [2.45, 2.75) is 58.0 Å². The number of anilines is 1. The largest absolute Gasteiger partial charge is 0.354 e. The molecule has 4 rings (SSSR count). The molecule has 1 atom stereocenters. The Morgan fingerprint density at radius 1 is 0.822 bits per heavy atom. The molecular formula is C36H40BrN3O4S. The maximum atomic E-state index is 14.5. The van der Waals surface area contributed by atoms with Gasteiger partial charge in [0, 0.05) is 24.0 Å². The maximum Gasteiger partial charge on any atom is 0.264 e. The molecule has 236 valence electrons. The fourth-order valence-corrected chi connectivity index (χ4v) is 6.85. The highest BCUT2D eigenvalue weighted by Gasteiger charge is 2.34. The van der Waals surface area contributed by atoms with Gasteiger partial charge in [-0.05, 0) is 85.8 Å². The van der Waals surface area contributed by atoms with E-state index in [0.717, 1.165) is 43.0 Å². The Kier molecular flexibility index (Phi) is 11.6. The summed E-state index contributed by atoms with van der Waals surface area (Å²) in [4.78, 5) is 29.9. The van der Waals surface area contributed by atoms with Crippen LogP contribution in [0.1, 0.15) is 41.2 Å². The normalized spacial score (nSPS) is 11.9. The van der Waals surface area contributed by atoms with Gasteiger partial charge in [0.05, 0.1) is 10.6 Å². The lowest BCUT2D eigenvalue weighted by atomic mass is 10.0. The summed E-state index contributed by atoms with van der Waals surface area (Å²) >= 11 is 3.51. The molecule has 1 N–H and O–H groups in total. The van der Waals surface area contributed by atoms with Crippen molar-refractivity contribution in [3.8, 4) is 0 Å². The van der Waals surface area contributed by atoms with E-state index in [2.05, 4.69) is 21.2 Å². The Bertz CT molecular complexity index is 1730. The van der Waals surface area contributed by atoms with Crippen molar-refractivity contribution in [3.63, 3.8) is 0 Å². The summed E-state index contributed by atoms with van der Waals surface area (Å²) in [6.45, 7) is 7.79. The van der Waals surface area contributed by atoms with Crippen LogP contribution in [0.25, 0.3) is 0 Å². The molecule has 0 saturated heterocycles. The van der Waals surface area contributed by atoms with Crippen LogP contribution in [0, 0.1) is 20.8 Å². The highest BCUT2D eigenvalue weighted by Crippen LogP contribution is 2.27. The van der Waals surface area contributed by atoms with Crippen LogP contribution in [-0.4, -0.2) is 44.3 Å². The number of hydrogen-bond acceptors (Lipinski definition) is 4. The monoisotopic (exact) mass is 689 g/mol. The first kappa shape index (κ1) is 33.9. The van der Waals surface area contributed by atoms with E-state index >= 15 is 0 Å². The quantitative estimate of drug-likeness (QED) is 0.169. The molecule has 0 fully saturated rings. The number of carbonyl (C=O) groups excluding carboxylic acids is 2.